The number of carboxylic acid groups (broad SMARTS) is 2. The van der Waals surface area contributed by atoms with Gasteiger partial charge in [-0.25, -0.2) is 0 Å². The number of hydrogen-bond acceptors (Lipinski definition) is 5. The van der Waals surface area contributed by atoms with E-state index in [-0.39, 0.29) is 0 Å². The molecule has 0 aliphatic heterocycles. The molecule has 0 aromatic rings. The summed E-state index contributed by atoms with van der Waals surface area (Å²) in [7, 11) is 0. The predicted molar refractivity (Wildman–Crippen MR) is 27.6 cm³/mol. The van der Waals surface area contributed by atoms with Gasteiger partial charge in [-0.3, -0.25) is 4.79 Å². The molecule has 0 radical (unpaired) electrons. The maximum Gasteiger partial charge on any atom is 0.267 e. The zero-order valence-electron chi connectivity index (χ0n) is 5.62. The zero-order valence-corrected chi connectivity index (χ0v) is 5.62. The summed E-state index contributed by atoms with van der Waals surface area (Å²) in [5.74, 6) is -5.00. The van der Waals surface area contributed by atoms with Crippen molar-refractivity contribution in [2.24, 2.45) is 0 Å². The molecule has 0 aromatic carbocycles. The van der Waals surface area contributed by atoms with Crippen molar-refractivity contribution in [1.29, 1.82) is 0 Å². The van der Waals surface area contributed by atoms with Gasteiger partial charge in [0.2, 0.25) is 0 Å². The maximum absolute atomic E-state index is 10.2. The lowest BCUT2D eigenvalue weighted by Gasteiger charge is -2.14. The number of rotatable bonds is 2. The highest BCUT2D eigenvalue weighted by Gasteiger charge is 2.07. The van der Waals surface area contributed by atoms with E-state index in [1.165, 1.54) is 0 Å². The second kappa shape index (κ2) is 3.55. The Labute approximate surface area is 61.8 Å². The summed E-state index contributed by atoms with van der Waals surface area (Å²) in [4.78, 5) is 29.8. The van der Waals surface area contributed by atoms with E-state index < -0.39 is 23.9 Å². The molecule has 0 aliphatic carbocycles. The fourth-order valence-corrected chi connectivity index (χ4v) is 0.314. The molecule has 0 unspecified atom stereocenters. The summed E-state index contributed by atoms with van der Waals surface area (Å²) < 4.78 is 0. The van der Waals surface area contributed by atoms with Gasteiger partial charge < -0.3 is 25.1 Å². The van der Waals surface area contributed by atoms with E-state index in [2.05, 4.69) is 0 Å². The first-order valence-electron chi connectivity index (χ1n) is 2.68. The van der Waals surface area contributed by atoms with Gasteiger partial charge in [-0.2, -0.15) is 0 Å². The van der Waals surface area contributed by atoms with Crippen LogP contribution in [-0.2, 0) is 14.4 Å². The van der Waals surface area contributed by atoms with E-state index in [9.17, 15) is 24.6 Å². The Morgan fingerprint density at radius 2 is 1.73 bits per heavy atom. The molecule has 1 N–H and O–H groups in total. The first-order valence-corrected chi connectivity index (χ1v) is 2.68. The van der Waals surface area contributed by atoms with Crippen molar-refractivity contribution in [2.75, 3.05) is 0 Å². The van der Waals surface area contributed by atoms with Crippen LogP contribution >= 0.6 is 0 Å². The number of carbonyl (C=O) groups is 3. The molecule has 62 valence electrons. The van der Waals surface area contributed by atoms with Crippen LogP contribution in [0.2, 0.25) is 0 Å². The molecule has 0 fully saturated rings. The summed E-state index contributed by atoms with van der Waals surface area (Å²) in [5, 5.41) is 21.3. The normalized spacial score (nSPS) is 11.7. The second-order valence-electron chi connectivity index (χ2n) is 1.80. The quantitative estimate of drug-likeness (QED) is 0.413. The minimum atomic E-state index is -1.97. The summed E-state index contributed by atoms with van der Waals surface area (Å²) in [6.07, 6.45) is 0. The molecule has 6 heteroatoms. The van der Waals surface area contributed by atoms with Crippen molar-refractivity contribution in [3.05, 3.63) is 0 Å². The van der Waals surface area contributed by atoms with Gasteiger partial charge in [0, 0.05) is 0 Å². The van der Waals surface area contributed by atoms with Crippen molar-refractivity contribution in [2.45, 2.75) is 13.0 Å². The Kier molecular flexibility index (Phi) is 3.03. The SMILES string of the molecule is C[C@H](NC(=O)C(=O)[O-])C(=O)[O-]. The van der Waals surface area contributed by atoms with Gasteiger partial charge >= 0.3 is 0 Å². The molecule has 0 saturated carbocycles. The average molecular weight is 159 g/mol. The first-order chi connectivity index (χ1) is 4.95. The Morgan fingerprint density at radius 3 is 2.00 bits per heavy atom. The van der Waals surface area contributed by atoms with Gasteiger partial charge in [0.25, 0.3) is 5.91 Å². The predicted octanol–water partition coefficient (Wildman–Crippen LogP) is -4.01. The number of amides is 1. The summed E-state index contributed by atoms with van der Waals surface area (Å²) >= 11 is 0. The standard InChI is InChI=1S/C5H7NO5/c1-2(4(8)9)6-3(7)5(10)11/h2H,1H3,(H,6,7)(H,8,9)(H,10,11)/p-2/t2-/m0/s1. The van der Waals surface area contributed by atoms with Crippen LogP contribution in [0.1, 0.15) is 6.92 Å². The largest absolute Gasteiger partial charge is 0.548 e. The van der Waals surface area contributed by atoms with E-state index in [1.54, 1.807) is 5.32 Å². The van der Waals surface area contributed by atoms with Crippen LogP contribution in [-0.4, -0.2) is 23.9 Å². The van der Waals surface area contributed by atoms with Crippen molar-refractivity contribution in [1.82, 2.24) is 5.32 Å². The molecule has 1 amide bonds. The second-order valence-corrected chi connectivity index (χ2v) is 1.80. The number of carboxylic acids is 2. The van der Waals surface area contributed by atoms with Gasteiger partial charge in [0.15, 0.2) is 0 Å². The van der Waals surface area contributed by atoms with E-state index in [4.69, 9.17) is 0 Å². The number of hydrogen-bond donors (Lipinski definition) is 1. The van der Waals surface area contributed by atoms with Crippen LogP contribution in [0.3, 0.4) is 0 Å². The molecule has 0 rings (SSSR count). The lowest BCUT2D eigenvalue weighted by atomic mass is 10.3. The van der Waals surface area contributed by atoms with E-state index >= 15 is 0 Å². The molecule has 1 atom stereocenters. The van der Waals surface area contributed by atoms with Crippen LogP contribution in [0.15, 0.2) is 0 Å². The third-order valence-corrected chi connectivity index (χ3v) is 0.887. The van der Waals surface area contributed by atoms with Crippen LogP contribution < -0.4 is 15.5 Å². The topological polar surface area (TPSA) is 109 Å². The van der Waals surface area contributed by atoms with Crippen LogP contribution in [0, 0.1) is 0 Å². The van der Waals surface area contributed by atoms with Gasteiger partial charge in [-0.1, -0.05) is 0 Å². The van der Waals surface area contributed by atoms with E-state index in [0.717, 1.165) is 6.92 Å². The Bertz CT molecular complexity index is 199. The Morgan fingerprint density at radius 1 is 1.27 bits per heavy atom. The molecule has 0 spiro atoms. The number of aliphatic carboxylic acids is 2. The third kappa shape index (κ3) is 3.19. The highest BCUT2D eigenvalue weighted by molar-refractivity contribution is 6.30. The summed E-state index contributed by atoms with van der Waals surface area (Å²) in [6, 6.07) is -1.33. The molecular weight excluding hydrogens is 154 g/mol. The lowest BCUT2D eigenvalue weighted by Crippen LogP contribution is -2.51. The molecule has 6 nitrogen and oxygen atoms in total. The van der Waals surface area contributed by atoms with Gasteiger partial charge in [-0.05, 0) is 6.92 Å². The summed E-state index contributed by atoms with van der Waals surface area (Å²) in [5.41, 5.74) is 0. The fraction of sp³-hybridized carbons (Fsp3) is 0.400. The Balaban J connectivity index is 3.95. The lowest BCUT2D eigenvalue weighted by molar-refractivity contribution is -0.308. The van der Waals surface area contributed by atoms with Crippen molar-refractivity contribution < 1.29 is 24.6 Å². The number of carbonyl (C=O) groups excluding carboxylic acids is 3. The first kappa shape index (κ1) is 9.41. The van der Waals surface area contributed by atoms with E-state index in [0.29, 0.717) is 0 Å². The minimum Gasteiger partial charge on any atom is -0.548 e. The molecule has 0 bridgehead atoms. The van der Waals surface area contributed by atoms with Crippen molar-refractivity contribution >= 4 is 17.8 Å². The smallest absolute Gasteiger partial charge is 0.267 e. The van der Waals surface area contributed by atoms with Gasteiger partial charge in [-0.15, -0.1) is 0 Å². The molecular formula is C5H5NO5-2. The molecule has 11 heavy (non-hydrogen) atoms. The van der Waals surface area contributed by atoms with Crippen LogP contribution in [0.4, 0.5) is 0 Å². The van der Waals surface area contributed by atoms with Crippen LogP contribution in [0.5, 0.6) is 0 Å². The van der Waals surface area contributed by atoms with Crippen LogP contribution in [0.25, 0.3) is 0 Å². The average Bonchev–Trinajstić information content (AvgIpc) is 1.87. The minimum absolute atomic E-state index is 1.08. The van der Waals surface area contributed by atoms with Crippen molar-refractivity contribution in [3.63, 3.8) is 0 Å². The fourth-order valence-electron chi connectivity index (χ4n) is 0.314. The highest BCUT2D eigenvalue weighted by Crippen LogP contribution is 1.76. The monoisotopic (exact) mass is 159 g/mol. The zero-order chi connectivity index (χ0) is 9.02. The molecule has 0 aliphatic rings. The Hall–Kier alpha value is -1.59. The summed E-state index contributed by atoms with van der Waals surface area (Å²) in [6.45, 7) is 1.08. The van der Waals surface area contributed by atoms with Crippen molar-refractivity contribution in [3.8, 4) is 0 Å². The molecule has 0 heterocycles. The van der Waals surface area contributed by atoms with E-state index in [1.807, 2.05) is 0 Å². The maximum atomic E-state index is 10.2. The molecule has 0 aromatic heterocycles. The van der Waals surface area contributed by atoms with Gasteiger partial charge in [0.05, 0.1) is 12.0 Å². The molecule has 0 saturated heterocycles. The van der Waals surface area contributed by atoms with Gasteiger partial charge in [0.1, 0.15) is 5.97 Å². The number of nitrogens with one attached hydrogen (secondary N) is 1. The highest BCUT2D eigenvalue weighted by atomic mass is 16.4. The third-order valence-electron chi connectivity index (χ3n) is 0.887.